The molecule has 0 aliphatic carbocycles. The van der Waals surface area contributed by atoms with Gasteiger partial charge in [0, 0.05) is 18.4 Å². The van der Waals surface area contributed by atoms with E-state index in [0.29, 0.717) is 18.0 Å². The van der Waals surface area contributed by atoms with Gasteiger partial charge in [-0.3, -0.25) is 9.89 Å². The molecule has 0 fully saturated rings. The second-order valence-corrected chi connectivity index (χ2v) is 5.10. The van der Waals surface area contributed by atoms with Gasteiger partial charge in [-0.2, -0.15) is 5.10 Å². The van der Waals surface area contributed by atoms with Crippen molar-refractivity contribution in [3.63, 3.8) is 0 Å². The average molecular weight is 288 g/mol. The Morgan fingerprint density at radius 3 is 2.76 bits per heavy atom. The number of aromatic amines is 1. The van der Waals surface area contributed by atoms with Gasteiger partial charge in [-0.25, -0.2) is 0 Å². The predicted octanol–water partition coefficient (Wildman–Crippen LogP) is 2.51. The second-order valence-electron chi connectivity index (χ2n) is 5.10. The van der Waals surface area contributed by atoms with Crippen LogP contribution in [-0.4, -0.2) is 23.2 Å². The normalized spacial score (nSPS) is 10.9. The van der Waals surface area contributed by atoms with E-state index in [9.17, 15) is 4.79 Å². The van der Waals surface area contributed by atoms with E-state index in [0.717, 1.165) is 11.3 Å². The van der Waals surface area contributed by atoms with Crippen molar-refractivity contribution >= 4 is 17.3 Å². The van der Waals surface area contributed by atoms with E-state index < -0.39 is 0 Å². The molecule has 0 aliphatic heterocycles. The highest BCUT2D eigenvalue weighted by molar-refractivity contribution is 6.06. The molecule has 21 heavy (non-hydrogen) atoms. The molecule has 1 aromatic carbocycles. The summed E-state index contributed by atoms with van der Waals surface area (Å²) >= 11 is 0. The first kappa shape index (κ1) is 15.1. The Kier molecular flexibility index (Phi) is 4.59. The Morgan fingerprint density at radius 1 is 1.43 bits per heavy atom. The van der Waals surface area contributed by atoms with Gasteiger partial charge in [0.05, 0.1) is 18.0 Å². The molecule has 0 saturated carbocycles. The van der Waals surface area contributed by atoms with Gasteiger partial charge in [0.15, 0.2) is 5.69 Å². The molecule has 0 unspecified atom stereocenters. The molecule has 112 valence electrons. The number of hydrogen-bond acceptors (Lipinski definition) is 4. The highest BCUT2D eigenvalue weighted by Crippen LogP contribution is 2.23. The quantitative estimate of drug-likeness (QED) is 0.788. The van der Waals surface area contributed by atoms with E-state index in [-0.39, 0.29) is 17.5 Å². The molecule has 0 atom stereocenters. The number of amides is 1. The molecule has 2 aromatic rings. The number of rotatable bonds is 5. The van der Waals surface area contributed by atoms with Crippen molar-refractivity contribution < 1.29 is 9.53 Å². The minimum absolute atomic E-state index is 0.180. The van der Waals surface area contributed by atoms with Crippen LogP contribution in [0.15, 0.2) is 24.3 Å². The highest BCUT2D eigenvalue weighted by atomic mass is 16.5. The molecule has 1 heterocycles. The van der Waals surface area contributed by atoms with E-state index in [1.165, 1.54) is 0 Å². The highest BCUT2D eigenvalue weighted by Gasteiger charge is 2.19. The van der Waals surface area contributed by atoms with Crippen molar-refractivity contribution in [1.82, 2.24) is 10.2 Å². The maximum Gasteiger partial charge on any atom is 0.278 e. The van der Waals surface area contributed by atoms with Gasteiger partial charge in [0.1, 0.15) is 0 Å². The van der Waals surface area contributed by atoms with Crippen molar-refractivity contribution in [1.29, 1.82) is 0 Å². The number of aromatic nitrogens is 2. The monoisotopic (exact) mass is 288 g/mol. The van der Waals surface area contributed by atoms with E-state index in [2.05, 4.69) is 15.5 Å². The molecule has 0 bridgehead atoms. The second kappa shape index (κ2) is 6.41. The molecule has 6 heteroatoms. The summed E-state index contributed by atoms with van der Waals surface area (Å²) in [7, 11) is 1.61. The zero-order chi connectivity index (χ0) is 15.4. The fourth-order valence-electron chi connectivity index (χ4n) is 2.08. The predicted molar refractivity (Wildman–Crippen MR) is 82.2 cm³/mol. The van der Waals surface area contributed by atoms with Gasteiger partial charge in [0.2, 0.25) is 0 Å². The van der Waals surface area contributed by atoms with Gasteiger partial charge in [-0.05, 0) is 12.0 Å². The number of benzene rings is 1. The van der Waals surface area contributed by atoms with E-state index in [1.54, 1.807) is 7.11 Å². The van der Waals surface area contributed by atoms with Crippen LogP contribution < -0.4 is 11.1 Å². The summed E-state index contributed by atoms with van der Waals surface area (Å²) in [6.45, 7) is 4.39. The number of ether oxygens (including phenoxy) is 1. The van der Waals surface area contributed by atoms with E-state index >= 15 is 0 Å². The third-order valence-electron chi connectivity index (χ3n) is 3.19. The summed E-state index contributed by atoms with van der Waals surface area (Å²) in [5.41, 5.74) is 8.94. The number of hydrogen-bond donors (Lipinski definition) is 3. The van der Waals surface area contributed by atoms with Gasteiger partial charge < -0.3 is 15.8 Å². The molecule has 0 radical (unpaired) electrons. The van der Waals surface area contributed by atoms with Crippen LogP contribution >= 0.6 is 0 Å². The Labute approximate surface area is 123 Å². The van der Waals surface area contributed by atoms with Crippen LogP contribution in [0.1, 0.15) is 41.5 Å². The summed E-state index contributed by atoms with van der Waals surface area (Å²) in [4.78, 5) is 12.3. The molecule has 1 amide bonds. The van der Waals surface area contributed by atoms with Crippen molar-refractivity contribution in [2.24, 2.45) is 0 Å². The van der Waals surface area contributed by atoms with Crippen LogP contribution in [0.4, 0.5) is 11.4 Å². The molecule has 0 spiro atoms. The van der Waals surface area contributed by atoms with Crippen LogP contribution in [-0.2, 0) is 11.3 Å². The molecule has 0 aliphatic rings. The number of methoxy groups -OCH3 is 1. The van der Waals surface area contributed by atoms with Crippen LogP contribution in [0.3, 0.4) is 0 Å². The van der Waals surface area contributed by atoms with Crippen molar-refractivity contribution in [3.8, 4) is 0 Å². The fraction of sp³-hybridized carbons (Fsp3) is 0.333. The SMILES string of the molecule is COCc1ccccc1NC(=O)c1n[nH]c(C(C)C)c1N. The molecule has 1 aromatic heterocycles. The number of carbonyl (C=O) groups excluding carboxylic acids is 1. The van der Waals surface area contributed by atoms with Crippen LogP contribution in [0.5, 0.6) is 0 Å². The summed E-state index contributed by atoms with van der Waals surface area (Å²) in [5, 5.41) is 9.66. The number of carbonyl (C=O) groups is 1. The topological polar surface area (TPSA) is 93.0 Å². The third kappa shape index (κ3) is 3.22. The summed E-state index contributed by atoms with van der Waals surface area (Å²) in [6, 6.07) is 7.46. The smallest absolute Gasteiger partial charge is 0.278 e. The maximum atomic E-state index is 12.3. The zero-order valence-electron chi connectivity index (χ0n) is 12.4. The minimum Gasteiger partial charge on any atom is -0.395 e. The maximum absolute atomic E-state index is 12.3. The Balaban J connectivity index is 2.23. The van der Waals surface area contributed by atoms with Crippen molar-refractivity contribution in [2.75, 3.05) is 18.2 Å². The third-order valence-corrected chi connectivity index (χ3v) is 3.19. The summed E-state index contributed by atoms with van der Waals surface area (Å²) in [5.74, 6) is -0.154. The molecule has 4 N–H and O–H groups in total. The minimum atomic E-state index is -0.334. The lowest BCUT2D eigenvalue weighted by atomic mass is 10.1. The first-order valence-electron chi connectivity index (χ1n) is 6.76. The van der Waals surface area contributed by atoms with E-state index in [1.807, 2.05) is 38.1 Å². The summed E-state index contributed by atoms with van der Waals surface area (Å²) < 4.78 is 5.12. The van der Waals surface area contributed by atoms with Gasteiger partial charge in [-0.1, -0.05) is 32.0 Å². The number of nitrogens with one attached hydrogen (secondary N) is 2. The lowest BCUT2D eigenvalue weighted by Gasteiger charge is -2.09. The standard InChI is InChI=1S/C15H20N4O2/c1-9(2)13-12(16)14(19-18-13)15(20)17-11-7-5-4-6-10(11)8-21-3/h4-7,9H,8,16H2,1-3H3,(H,17,20)(H,18,19). The Bertz CT molecular complexity index is 634. The molecule has 6 nitrogen and oxygen atoms in total. The lowest BCUT2D eigenvalue weighted by Crippen LogP contribution is -2.15. The number of anilines is 2. The fourth-order valence-corrected chi connectivity index (χ4v) is 2.08. The molecule has 0 saturated heterocycles. The van der Waals surface area contributed by atoms with E-state index in [4.69, 9.17) is 10.5 Å². The number of para-hydroxylation sites is 1. The van der Waals surface area contributed by atoms with Crippen LogP contribution in [0, 0.1) is 0 Å². The molecular weight excluding hydrogens is 268 g/mol. The zero-order valence-corrected chi connectivity index (χ0v) is 12.4. The lowest BCUT2D eigenvalue weighted by molar-refractivity contribution is 0.102. The van der Waals surface area contributed by atoms with Gasteiger partial charge in [0.25, 0.3) is 5.91 Å². The van der Waals surface area contributed by atoms with Gasteiger partial charge >= 0.3 is 0 Å². The van der Waals surface area contributed by atoms with Crippen LogP contribution in [0.25, 0.3) is 0 Å². The van der Waals surface area contributed by atoms with Crippen molar-refractivity contribution in [2.45, 2.75) is 26.4 Å². The van der Waals surface area contributed by atoms with Crippen LogP contribution in [0.2, 0.25) is 0 Å². The molecular formula is C15H20N4O2. The summed E-state index contributed by atoms with van der Waals surface area (Å²) in [6.07, 6.45) is 0. The Hall–Kier alpha value is -2.34. The number of nitrogen functional groups attached to an aromatic ring is 1. The first-order chi connectivity index (χ1) is 10.0. The number of nitrogens with zero attached hydrogens (tertiary/aromatic N) is 1. The number of H-pyrrole nitrogens is 1. The number of nitrogens with two attached hydrogens (primary N) is 1. The average Bonchev–Trinajstić information content (AvgIpc) is 2.83. The first-order valence-corrected chi connectivity index (χ1v) is 6.76. The largest absolute Gasteiger partial charge is 0.395 e. The van der Waals surface area contributed by atoms with Gasteiger partial charge in [-0.15, -0.1) is 0 Å². The molecule has 2 rings (SSSR count). The Morgan fingerprint density at radius 2 is 2.14 bits per heavy atom. The van der Waals surface area contributed by atoms with Crippen molar-refractivity contribution in [3.05, 3.63) is 41.2 Å².